The quantitative estimate of drug-likeness (QED) is 0.185. The van der Waals surface area contributed by atoms with Crippen LogP contribution in [-0.4, -0.2) is 11.5 Å². The van der Waals surface area contributed by atoms with Crippen molar-refractivity contribution in [3.05, 3.63) is 180 Å². The van der Waals surface area contributed by atoms with Gasteiger partial charge in [0.1, 0.15) is 22.3 Å². The van der Waals surface area contributed by atoms with Crippen LogP contribution in [0.25, 0.3) is 66.1 Å². The van der Waals surface area contributed by atoms with E-state index in [2.05, 4.69) is 134 Å². The summed E-state index contributed by atoms with van der Waals surface area (Å²) in [6.07, 6.45) is 0. The molecule has 3 heterocycles. The SMILES string of the molecule is CC1C(c2ccc3c(c2)oc2ccccc23)=NC(c2ccccc2)=NC1c1cccc2oc3ccc(-c4ccc(-c5ccccc5)cc4)cc3c12. The molecule has 0 saturated carbocycles. The lowest BCUT2D eigenvalue weighted by Crippen LogP contribution is -2.26. The second kappa shape index (κ2) is 11.8. The maximum absolute atomic E-state index is 6.50. The zero-order chi connectivity index (χ0) is 33.9. The highest BCUT2D eigenvalue weighted by Gasteiger charge is 2.32. The third-order valence-corrected chi connectivity index (χ3v) is 10.3. The van der Waals surface area contributed by atoms with Crippen molar-refractivity contribution >= 4 is 55.4 Å². The maximum atomic E-state index is 6.50. The van der Waals surface area contributed by atoms with Gasteiger partial charge in [0.2, 0.25) is 0 Å². The second-order valence-corrected chi connectivity index (χ2v) is 13.3. The van der Waals surface area contributed by atoms with E-state index in [4.69, 9.17) is 18.8 Å². The molecule has 0 bridgehead atoms. The predicted octanol–water partition coefficient (Wildman–Crippen LogP) is 12.4. The molecule has 7 aromatic carbocycles. The van der Waals surface area contributed by atoms with Crippen LogP contribution in [0, 0.1) is 5.92 Å². The molecule has 0 N–H and O–H groups in total. The van der Waals surface area contributed by atoms with Crippen molar-refractivity contribution in [2.45, 2.75) is 13.0 Å². The average molecular weight is 657 g/mol. The summed E-state index contributed by atoms with van der Waals surface area (Å²) in [6, 6.07) is 56.9. The molecule has 2 aromatic heterocycles. The minimum absolute atomic E-state index is 0.0245. The van der Waals surface area contributed by atoms with Crippen LogP contribution in [0.2, 0.25) is 0 Å². The van der Waals surface area contributed by atoms with Crippen molar-refractivity contribution < 1.29 is 8.83 Å². The van der Waals surface area contributed by atoms with E-state index in [0.29, 0.717) is 0 Å². The molecule has 0 aliphatic carbocycles. The Morgan fingerprint density at radius 3 is 1.82 bits per heavy atom. The fourth-order valence-corrected chi connectivity index (χ4v) is 7.68. The van der Waals surface area contributed by atoms with Crippen molar-refractivity contribution in [2.75, 3.05) is 0 Å². The molecule has 10 rings (SSSR count). The summed E-state index contributed by atoms with van der Waals surface area (Å²) in [5.74, 6) is 0.700. The van der Waals surface area contributed by atoms with Gasteiger partial charge in [0, 0.05) is 38.6 Å². The Morgan fingerprint density at radius 2 is 1.02 bits per heavy atom. The van der Waals surface area contributed by atoms with Crippen LogP contribution in [-0.2, 0) is 0 Å². The molecule has 0 amide bonds. The highest BCUT2D eigenvalue weighted by Crippen LogP contribution is 2.42. The lowest BCUT2D eigenvalue weighted by molar-refractivity contribution is 0.595. The zero-order valence-corrected chi connectivity index (χ0v) is 28.0. The third kappa shape index (κ3) is 4.99. The molecule has 0 spiro atoms. The average Bonchev–Trinajstić information content (AvgIpc) is 3.76. The summed E-state index contributed by atoms with van der Waals surface area (Å²) >= 11 is 0. The van der Waals surface area contributed by atoms with Crippen LogP contribution >= 0.6 is 0 Å². The number of furan rings is 2. The zero-order valence-electron chi connectivity index (χ0n) is 28.0. The third-order valence-electron chi connectivity index (χ3n) is 10.3. The van der Waals surface area contributed by atoms with E-state index in [1.54, 1.807) is 0 Å². The van der Waals surface area contributed by atoms with Gasteiger partial charge in [-0.15, -0.1) is 0 Å². The molecule has 51 heavy (non-hydrogen) atoms. The summed E-state index contributed by atoms with van der Waals surface area (Å²) in [6.45, 7) is 2.23. The van der Waals surface area contributed by atoms with Crippen LogP contribution in [0.4, 0.5) is 0 Å². The Hall–Kier alpha value is -6.52. The van der Waals surface area contributed by atoms with Crippen LogP contribution < -0.4 is 0 Å². The first kappa shape index (κ1) is 29.4. The van der Waals surface area contributed by atoms with Gasteiger partial charge in [0.25, 0.3) is 0 Å². The molecule has 4 nitrogen and oxygen atoms in total. The van der Waals surface area contributed by atoms with E-state index in [0.717, 1.165) is 83.2 Å². The highest BCUT2D eigenvalue weighted by atomic mass is 16.3. The van der Waals surface area contributed by atoms with Crippen molar-refractivity contribution in [2.24, 2.45) is 15.9 Å². The van der Waals surface area contributed by atoms with Gasteiger partial charge in [-0.2, -0.15) is 0 Å². The van der Waals surface area contributed by atoms with Gasteiger partial charge in [-0.25, -0.2) is 4.99 Å². The standard InChI is InChI=1S/C47H32N2O2/c1-29-45(35-23-25-37-36-15-8-9-17-40(36)51-43(37)28-35)48-47(33-13-6-3-7-14-33)49-46(29)38-16-10-18-42-44(38)39-27-34(24-26-41(39)50-42)32-21-19-31(20-22-32)30-11-4-2-5-12-30/h2-29,46H,1H3. The van der Waals surface area contributed by atoms with Crippen molar-refractivity contribution in [1.29, 1.82) is 0 Å². The molecule has 9 aromatic rings. The number of fused-ring (bicyclic) bond motifs is 6. The first-order valence-corrected chi connectivity index (χ1v) is 17.4. The van der Waals surface area contributed by atoms with Gasteiger partial charge in [-0.1, -0.05) is 134 Å². The Kier molecular flexibility index (Phi) is 6.81. The molecule has 1 aliphatic heterocycles. The van der Waals surface area contributed by atoms with E-state index in [-0.39, 0.29) is 12.0 Å². The van der Waals surface area contributed by atoms with Gasteiger partial charge in [0.15, 0.2) is 5.84 Å². The molecule has 4 heteroatoms. The highest BCUT2D eigenvalue weighted by molar-refractivity contribution is 6.17. The number of para-hydroxylation sites is 1. The van der Waals surface area contributed by atoms with E-state index < -0.39 is 0 Å². The molecular weight excluding hydrogens is 625 g/mol. The van der Waals surface area contributed by atoms with Crippen molar-refractivity contribution in [3.63, 3.8) is 0 Å². The van der Waals surface area contributed by atoms with Crippen molar-refractivity contribution in [1.82, 2.24) is 0 Å². The van der Waals surface area contributed by atoms with Gasteiger partial charge >= 0.3 is 0 Å². The normalized spacial score (nSPS) is 16.2. The summed E-state index contributed by atoms with van der Waals surface area (Å²) in [4.78, 5) is 10.6. The Balaban J connectivity index is 1.10. The maximum Gasteiger partial charge on any atom is 0.155 e. The van der Waals surface area contributed by atoms with Crippen LogP contribution in [0.5, 0.6) is 0 Å². The minimum Gasteiger partial charge on any atom is -0.456 e. The van der Waals surface area contributed by atoms with Crippen LogP contribution in [0.3, 0.4) is 0 Å². The van der Waals surface area contributed by atoms with Gasteiger partial charge in [0.05, 0.1) is 11.8 Å². The number of rotatable bonds is 5. The fraction of sp³-hybridized carbons (Fsp3) is 0.0638. The number of aliphatic imine (C=N–C) groups is 2. The summed E-state index contributed by atoms with van der Waals surface area (Å²) < 4.78 is 12.8. The number of hydrogen-bond acceptors (Lipinski definition) is 4. The first-order chi connectivity index (χ1) is 25.2. The minimum atomic E-state index is -0.197. The first-order valence-electron chi connectivity index (χ1n) is 17.4. The van der Waals surface area contributed by atoms with Gasteiger partial charge < -0.3 is 8.83 Å². The molecule has 242 valence electrons. The topological polar surface area (TPSA) is 51.0 Å². The summed E-state index contributed by atoms with van der Waals surface area (Å²) in [7, 11) is 0. The lowest BCUT2D eigenvalue weighted by Gasteiger charge is -2.28. The number of amidine groups is 1. The Labute approximate surface area is 295 Å². The number of nitrogens with zero attached hydrogens (tertiary/aromatic N) is 2. The molecule has 0 radical (unpaired) electrons. The second-order valence-electron chi connectivity index (χ2n) is 13.3. The fourth-order valence-electron chi connectivity index (χ4n) is 7.68. The molecule has 1 aliphatic rings. The Morgan fingerprint density at radius 1 is 0.431 bits per heavy atom. The van der Waals surface area contributed by atoms with E-state index >= 15 is 0 Å². The monoisotopic (exact) mass is 656 g/mol. The van der Waals surface area contributed by atoms with E-state index in [9.17, 15) is 0 Å². The van der Waals surface area contributed by atoms with Crippen molar-refractivity contribution in [3.8, 4) is 22.3 Å². The predicted molar refractivity (Wildman–Crippen MR) is 210 cm³/mol. The molecular formula is C47H32N2O2. The van der Waals surface area contributed by atoms with Gasteiger partial charge in [-0.3, -0.25) is 4.99 Å². The number of hydrogen-bond donors (Lipinski definition) is 0. The molecule has 2 unspecified atom stereocenters. The number of benzene rings is 7. The smallest absolute Gasteiger partial charge is 0.155 e. The largest absolute Gasteiger partial charge is 0.456 e. The van der Waals surface area contributed by atoms with Crippen LogP contribution in [0.1, 0.15) is 29.7 Å². The van der Waals surface area contributed by atoms with E-state index in [1.165, 1.54) is 11.1 Å². The summed E-state index contributed by atoms with van der Waals surface area (Å²) in [5.41, 5.74) is 12.3. The molecule has 0 saturated heterocycles. The van der Waals surface area contributed by atoms with E-state index in [1.807, 2.05) is 36.4 Å². The van der Waals surface area contributed by atoms with Crippen LogP contribution in [0.15, 0.2) is 183 Å². The molecule has 2 atom stereocenters. The molecule has 0 fully saturated rings. The lowest BCUT2D eigenvalue weighted by atomic mass is 9.84. The summed E-state index contributed by atoms with van der Waals surface area (Å²) in [5, 5.41) is 4.40. The Bertz CT molecular complexity index is 2810. The van der Waals surface area contributed by atoms with Gasteiger partial charge in [-0.05, 0) is 64.2 Å².